The molecule has 4 nitrogen and oxygen atoms in total. The van der Waals surface area contributed by atoms with Gasteiger partial charge in [-0.1, -0.05) is 32.0 Å². The number of hydrogen-bond acceptors (Lipinski definition) is 4. The van der Waals surface area contributed by atoms with E-state index in [2.05, 4.69) is 60.2 Å². The highest BCUT2D eigenvalue weighted by atomic mass is 32.1. The number of rotatable bonds is 2. The molecule has 0 radical (unpaired) electrons. The van der Waals surface area contributed by atoms with Crippen molar-refractivity contribution in [1.29, 1.82) is 0 Å². The molecule has 1 atom stereocenters. The lowest BCUT2D eigenvalue weighted by molar-refractivity contribution is 0.255. The van der Waals surface area contributed by atoms with Gasteiger partial charge >= 0.3 is 0 Å². The Balaban J connectivity index is 0.000000202. The standard InChI is InChI=1S/C15H14N2.C5H11NO.C3H6S.C2H6/c1-10-7-13-8-12(5-6-15(13)17-10)11-3-2-4-14(16)9-11;7-4-5-2-1-3-6-5;4-3-1-2-3;1-2/h2-9,17H,16H2,1H3;5-7H,1-4H2;3-4H,1-2H2;1-2H3. The molecule has 0 bridgehead atoms. The number of aliphatic hydroxyl groups excluding tert-OH is 1. The summed E-state index contributed by atoms with van der Waals surface area (Å²) in [7, 11) is 0. The van der Waals surface area contributed by atoms with Crippen LogP contribution in [0.4, 0.5) is 5.69 Å². The summed E-state index contributed by atoms with van der Waals surface area (Å²) in [6.07, 6.45) is 5.08. The van der Waals surface area contributed by atoms with E-state index in [4.69, 9.17) is 10.8 Å². The van der Waals surface area contributed by atoms with Crippen LogP contribution in [-0.2, 0) is 0 Å². The average Bonchev–Trinajstić information content (AvgIpc) is 3.22. The lowest BCUT2D eigenvalue weighted by Crippen LogP contribution is -2.24. The molecule has 0 spiro atoms. The average molecular weight is 428 g/mol. The minimum atomic E-state index is 0.306. The van der Waals surface area contributed by atoms with Gasteiger partial charge in [0.25, 0.3) is 0 Å². The number of nitrogens with two attached hydrogens (primary N) is 1. The molecule has 1 aliphatic carbocycles. The molecular formula is C25H37N3OS. The number of aryl methyl sites for hydroxylation is 1. The quantitative estimate of drug-likeness (QED) is 0.274. The smallest absolute Gasteiger partial charge is 0.0584 e. The fourth-order valence-electron chi connectivity index (χ4n) is 3.16. The number of H-pyrrole nitrogens is 1. The molecule has 3 aromatic rings. The number of aliphatic hydroxyl groups is 1. The van der Waals surface area contributed by atoms with Crippen molar-refractivity contribution in [3.8, 4) is 11.1 Å². The van der Waals surface area contributed by atoms with E-state index in [0.29, 0.717) is 12.6 Å². The lowest BCUT2D eigenvalue weighted by atomic mass is 10.0. The molecule has 1 aromatic heterocycles. The van der Waals surface area contributed by atoms with Crippen LogP contribution in [0.5, 0.6) is 0 Å². The van der Waals surface area contributed by atoms with Gasteiger partial charge in [-0.3, -0.25) is 0 Å². The number of benzene rings is 2. The van der Waals surface area contributed by atoms with Gasteiger partial charge in [-0.15, -0.1) is 0 Å². The topological polar surface area (TPSA) is 74.1 Å². The van der Waals surface area contributed by atoms with E-state index in [1.54, 1.807) is 0 Å². The first-order valence-corrected chi connectivity index (χ1v) is 11.5. The summed E-state index contributed by atoms with van der Waals surface area (Å²) < 4.78 is 0. The van der Waals surface area contributed by atoms with Gasteiger partial charge in [0.05, 0.1) is 6.61 Å². The van der Waals surface area contributed by atoms with Crippen LogP contribution < -0.4 is 11.1 Å². The number of nitrogen functional groups attached to an aromatic ring is 1. The summed E-state index contributed by atoms with van der Waals surface area (Å²) in [5.41, 5.74) is 11.3. The van der Waals surface area contributed by atoms with Gasteiger partial charge in [0.15, 0.2) is 0 Å². The Kier molecular flexibility index (Phi) is 10.3. The van der Waals surface area contributed by atoms with E-state index in [-0.39, 0.29) is 0 Å². The van der Waals surface area contributed by atoms with Crippen LogP contribution in [0.1, 0.15) is 45.2 Å². The van der Waals surface area contributed by atoms with Crippen LogP contribution in [0.15, 0.2) is 48.5 Å². The number of hydrogen-bond donors (Lipinski definition) is 5. The van der Waals surface area contributed by atoms with Crippen molar-refractivity contribution >= 4 is 29.2 Å². The highest BCUT2D eigenvalue weighted by molar-refractivity contribution is 7.81. The van der Waals surface area contributed by atoms with Gasteiger partial charge in [0.1, 0.15) is 0 Å². The van der Waals surface area contributed by atoms with Crippen LogP contribution in [0.2, 0.25) is 0 Å². The van der Waals surface area contributed by atoms with E-state index in [1.165, 1.54) is 41.4 Å². The van der Waals surface area contributed by atoms with Crippen LogP contribution in [-0.4, -0.2) is 34.5 Å². The number of fused-ring (bicyclic) bond motifs is 1. The molecule has 2 aliphatic rings. The molecule has 5 heteroatoms. The second-order valence-corrected chi connectivity index (χ2v) is 8.32. The first-order chi connectivity index (χ1) is 14.5. The van der Waals surface area contributed by atoms with Gasteiger partial charge in [0.2, 0.25) is 0 Å². The lowest BCUT2D eigenvalue weighted by Gasteiger charge is -2.03. The van der Waals surface area contributed by atoms with Crippen molar-refractivity contribution in [2.24, 2.45) is 0 Å². The van der Waals surface area contributed by atoms with E-state index >= 15 is 0 Å². The maximum atomic E-state index is 8.50. The van der Waals surface area contributed by atoms with Gasteiger partial charge in [-0.2, -0.15) is 12.6 Å². The summed E-state index contributed by atoms with van der Waals surface area (Å²) in [6, 6.07) is 16.9. The zero-order chi connectivity index (χ0) is 21.9. The van der Waals surface area contributed by atoms with Crippen LogP contribution in [0.25, 0.3) is 22.0 Å². The molecule has 5 N–H and O–H groups in total. The Morgan fingerprint density at radius 3 is 2.27 bits per heavy atom. The summed E-state index contributed by atoms with van der Waals surface area (Å²) in [4.78, 5) is 3.32. The van der Waals surface area contributed by atoms with Crippen molar-refractivity contribution in [3.05, 3.63) is 54.2 Å². The van der Waals surface area contributed by atoms with Crippen LogP contribution in [0, 0.1) is 6.92 Å². The van der Waals surface area contributed by atoms with E-state index < -0.39 is 0 Å². The molecule has 2 heterocycles. The molecule has 1 unspecified atom stereocenters. The van der Waals surface area contributed by atoms with Crippen molar-refractivity contribution < 1.29 is 5.11 Å². The second kappa shape index (κ2) is 12.7. The summed E-state index contributed by atoms with van der Waals surface area (Å²) >= 11 is 4.08. The van der Waals surface area contributed by atoms with Gasteiger partial charge in [0, 0.05) is 33.6 Å². The maximum Gasteiger partial charge on any atom is 0.0584 e. The highest BCUT2D eigenvalue weighted by Gasteiger charge is 2.14. The molecule has 164 valence electrons. The van der Waals surface area contributed by atoms with Crippen LogP contribution in [0.3, 0.4) is 0 Å². The van der Waals surface area contributed by atoms with E-state index in [9.17, 15) is 0 Å². The molecule has 0 amide bonds. The number of aromatic amines is 1. The monoisotopic (exact) mass is 427 g/mol. The zero-order valence-corrected chi connectivity index (χ0v) is 19.4. The Labute approximate surface area is 186 Å². The van der Waals surface area contributed by atoms with Crippen molar-refractivity contribution in [1.82, 2.24) is 10.3 Å². The normalized spacial score (nSPS) is 17.2. The summed E-state index contributed by atoms with van der Waals surface area (Å²) in [6.45, 7) is 7.46. The largest absolute Gasteiger partial charge is 0.399 e. The molecule has 1 aliphatic heterocycles. The molecular weight excluding hydrogens is 390 g/mol. The summed E-state index contributed by atoms with van der Waals surface area (Å²) in [5.74, 6) is 0. The minimum Gasteiger partial charge on any atom is -0.399 e. The molecule has 1 saturated carbocycles. The third kappa shape index (κ3) is 8.05. The fourth-order valence-corrected chi connectivity index (χ4v) is 3.31. The van der Waals surface area contributed by atoms with E-state index in [0.717, 1.165) is 29.5 Å². The number of anilines is 1. The molecule has 30 heavy (non-hydrogen) atoms. The second-order valence-electron chi connectivity index (χ2n) is 7.59. The highest BCUT2D eigenvalue weighted by Crippen LogP contribution is 2.26. The Bertz CT molecular complexity index is 883. The van der Waals surface area contributed by atoms with Crippen molar-refractivity contribution in [2.45, 2.75) is 57.7 Å². The predicted octanol–water partition coefficient (Wildman–Crippen LogP) is 5.56. The first kappa shape index (κ1) is 24.3. The fraction of sp³-hybridized carbons (Fsp3) is 0.440. The van der Waals surface area contributed by atoms with Gasteiger partial charge in [-0.05, 0) is 80.6 Å². The number of nitrogens with one attached hydrogen (secondary N) is 2. The van der Waals surface area contributed by atoms with Crippen LogP contribution >= 0.6 is 12.6 Å². The first-order valence-electron chi connectivity index (χ1n) is 11.0. The molecule has 2 fully saturated rings. The Morgan fingerprint density at radius 2 is 1.73 bits per heavy atom. The summed E-state index contributed by atoms with van der Waals surface area (Å²) in [5, 5.41) is 13.7. The van der Waals surface area contributed by atoms with Gasteiger partial charge < -0.3 is 21.1 Å². The molecule has 5 rings (SSSR count). The predicted molar refractivity (Wildman–Crippen MR) is 134 cm³/mol. The van der Waals surface area contributed by atoms with Crippen molar-refractivity contribution in [2.75, 3.05) is 18.9 Å². The Hall–Kier alpha value is -1.95. The van der Waals surface area contributed by atoms with Crippen molar-refractivity contribution in [3.63, 3.8) is 0 Å². The zero-order valence-electron chi connectivity index (χ0n) is 18.5. The maximum absolute atomic E-state index is 8.50. The Morgan fingerprint density at radius 1 is 1.03 bits per heavy atom. The molecule has 1 saturated heterocycles. The third-order valence-corrected chi connectivity index (χ3v) is 5.42. The molecule has 2 aromatic carbocycles. The third-order valence-electron chi connectivity index (χ3n) is 4.91. The minimum absolute atomic E-state index is 0.306. The van der Waals surface area contributed by atoms with Gasteiger partial charge in [-0.25, -0.2) is 0 Å². The number of aromatic nitrogens is 1. The number of thiol groups is 1. The SMILES string of the molecule is CC.Cc1cc2cc(-c3cccc(N)c3)ccc2[nH]1.OCC1CCCN1.SC1CC1. The van der Waals surface area contributed by atoms with E-state index in [1.807, 2.05) is 32.0 Å².